The third kappa shape index (κ3) is 4.13. The average Bonchev–Trinajstić information content (AvgIpc) is 2.95. The Morgan fingerprint density at radius 1 is 1.36 bits per heavy atom. The zero-order valence-electron chi connectivity index (χ0n) is 12.1. The molecule has 118 valence electrons. The van der Waals surface area contributed by atoms with Crippen LogP contribution in [0.2, 0.25) is 0 Å². The molecule has 2 rings (SSSR count). The molecule has 0 aromatic heterocycles. The fourth-order valence-electron chi connectivity index (χ4n) is 2.22. The van der Waals surface area contributed by atoms with Gasteiger partial charge < -0.3 is 10.1 Å². The summed E-state index contributed by atoms with van der Waals surface area (Å²) in [5, 5.41) is 2.10. The lowest BCUT2D eigenvalue weighted by atomic mass is 10.1. The number of hydrogen-bond donors (Lipinski definition) is 1. The third-order valence-electron chi connectivity index (χ3n) is 3.43. The van der Waals surface area contributed by atoms with Crippen molar-refractivity contribution in [3.8, 4) is 0 Å². The van der Waals surface area contributed by atoms with Gasteiger partial charge in [-0.05, 0) is 37.8 Å². The molecular weight excluding hydrogens is 292 g/mol. The van der Waals surface area contributed by atoms with Crippen molar-refractivity contribution in [2.45, 2.75) is 32.3 Å². The van der Waals surface area contributed by atoms with Gasteiger partial charge in [0, 0.05) is 0 Å². The Balaban J connectivity index is 1.89. The number of esters is 1. The van der Waals surface area contributed by atoms with E-state index in [1.165, 1.54) is 13.0 Å². The van der Waals surface area contributed by atoms with Crippen molar-refractivity contribution < 1.29 is 23.1 Å². The van der Waals surface area contributed by atoms with Crippen LogP contribution in [0.4, 0.5) is 14.5 Å². The smallest absolute Gasteiger partial charge is 0.307 e. The van der Waals surface area contributed by atoms with Gasteiger partial charge in [0.15, 0.2) is 6.10 Å². The molecule has 1 aliphatic carbocycles. The molecule has 0 saturated heterocycles. The maximum atomic E-state index is 13.4. The van der Waals surface area contributed by atoms with Gasteiger partial charge in [0.25, 0.3) is 5.91 Å². The summed E-state index contributed by atoms with van der Waals surface area (Å²) in [6, 6.07) is 3.25. The van der Waals surface area contributed by atoms with E-state index in [0.29, 0.717) is 0 Å². The third-order valence-corrected chi connectivity index (χ3v) is 3.43. The Hall–Kier alpha value is -2.24. The topological polar surface area (TPSA) is 55.4 Å². The lowest BCUT2D eigenvalue weighted by molar-refractivity contribution is -0.153. The molecule has 4 nitrogen and oxygen atoms in total. The number of benzene rings is 1. The molecule has 0 fully saturated rings. The van der Waals surface area contributed by atoms with Gasteiger partial charge in [-0.25, -0.2) is 8.78 Å². The van der Waals surface area contributed by atoms with E-state index in [4.69, 9.17) is 4.74 Å². The predicted molar refractivity (Wildman–Crippen MR) is 77.0 cm³/mol. The maximum absolute atomic E-state index is 13.4. The second-order valence-electron chi connectivity index (χ2n) is 5.19. The number of hydrogen-bond acceptors (Lipinski definition) is 3. The number of halogens is 2. The summed E-state index contributed by atoms with van der Waals surface area (Å²) in [6.45, 7) is 1.36. The fourth-order valence-corrected chi connectivity index (χ4v) is 2.22. The van der Waals surface area contributed by atoms with E-state index in [1.54, 1.807) is 0 Å². The molecule has 1 amide bonds. The zero-order valence-corrected chi connectivity index (χ0v) is 12.1. The summed E-state index contributed by atoms with van der Waals surface area (Å²) in [7, 11) is 0. The SMILES string of the molecule is C[C@@H](OC(=O)C[C@@H]1C=CCC1)C(=O)Nc1c(F)cccc1F. The van der Waals surface area contributed by atoms with Crippen LogP contribution in [0.25, 0.3) is 0 Å². The Morgan fingerprint density at radius 3 is 2.64 bits per heavy atom. The van der Waals surface area contributed by atoms with Crippen LogP contribution in [0.1, 0.15) is 26.2 Å². The monoisotopic (exact) mass is 309 g/mol. The van der Waals surface area contributed by atoms with Gasteiger partial charge in [0.2, 0.25) is 0 Å². The summed E-state index contributed by atoms with van der Waals surface area (Å²) in [5.74, 6) is -2.93. The fraction of sp³-hybridized carbons (Fsp3) is 0.375. The second-order valence-corrected chi connectivity index (χ2v) is 5.19. The quantitative estimate of drug-likeness (QED) is 0.671. The Morgan fingerprint density at radius 2 is 2.05 bits per heavy atom. The summed E-state index contributed by atoms with van der Waals surface area (Å²) < 4.78 is 31.9. The number of carbonyl (C=O) groups excluding carboxylic acids is 2. The number of nitrogens with one attached hydrogen (secondary N) is 1. The lowest BCUT2D eigenvalue weighted by Gasteiger charge is -2.15. The highest BCUT2D eigenvalue weighted by Crippen LogP contribution is 2.21. The van der Waals surface area contributed by atoms with Crippen LogP contribution in [0.5, 0.6) is 0 Å². The maximum Gasteiger partial charge on any atom is 0.307 e. The van der Waals surface area contributed by atoms with Crippen LogP contribution >= 0.6 is 0 Å². The van der Waals surface area contributed by atoms with Gasteiger partial charge in [-0.1, -0.05) is 18.2 Å². The standard InChI is InChI=1S/C16H17F2NO3/c1-10(22-14(20)9-11-5-2-3-6-11)16(21)19-15-12(17)7-4-8-13(15)18/h2,4-5,7-8,10-11H,3,6,9H2,1H3,(H,19,21)/t10-,11-/m1/s1. The molecule has 1 aromatic rings. The normalized spacial score (nSPS) is 18.0. The first-order valence-electron chi connectivity index (χ1n) is 7.08. The Labute approximate surface area is 127 Å². The van der Waals surface area contributed by atoms with Crippen molar-refractivity contribution in [1.82, 2.24) is 0 Å². The molecule has 0 bridgehead atoms. The first-order valence-corrected chi connectivity index (χ1v) is 7.08. The highest BCUT2D eigenvalue weighted by Gasteiger charge is 2.22. The molecule has 0 unspecified atom stereocenters. The molecule has 1 N–H and O–H groups in total. The van der Waals surface area contributed by atoms with Gasteiger partial charge in [0.05, 0.1) is 6.42 Å². The van der Waals surface area contributed by atoms with E-state index < -0.39 is 35.3 Å². The summed E-state index contributed by atoms with van der Waals surface area (Å²) in [6.07, 6.45) is 4.83. The van der Waals surface area contributed by atoms with Crippen LogP contribution < -0.4 is 5.32 Å². The van der Waals surface area contributed by atoms with E-state index in [1.807, 2.05) is 12.2 Å². The van der Waals surface area contributed by atoms with E-state index in [0.717, 1.165) is 25.0 Å². The van der Waals surface area contributed by atoms with Crippen LogP contribution in [0.3, 0.4) is 0 Å². The minimum Gasteiger partial charge on any atom is -0.453 e. The minimum atomic E-state index is -1.13. The number of anilines is 1. The first kappa shape index (κ1) is 16.1. The Bertz CT molecular complexity index is 581. The van der Waals surface area contributed by atoms with Crippen molar-refractivity contribution in [3.63, 3.8) is 0 Å². The minimum absolute atomic E-state index is 0.131. The summed E-state index contributed by atoms with van der Waals surface area (Å²) >= 11 is 0. The van der Waals surface area contributed by atoms with Gasteiger partial charge in [-0.15, -0.1) is 0 Å². The van der Waals surface area contributed by atoms with Crippen molar-refractivity contribution in [1.29, 1.82) is 0 Å². The van der Waals surface area contributed by atoms with Crippen LogP contribution in [0.15, 0.2) is 30.4 Å². The molecule has 0 spiro atoms. The van der Waals surface area contributed by atoms with E-state index in [-0.39, 0.29) is 12.3 Å². The molecular formula is C16H17F2NO3. The van der Waals surface area contributed by atoms with Gasteiger partial charge in [0.1, 0.15) is 17.3 Å². The van der Waals surface area contributed by atoms with Crippen LogP contribution in [-0.4, -0.2) is 18.0 Å². The van der Waals surface area contributed by atoms with Crippen LogP contribution in [-0.2, 0) is 14.3 Å². The van der Waals surface area contributed by atoms with Crippen molar-refractivity contribution in [3.05, 3.63) is 42.0 Å². The highest BCUT2D eigenvalue weighted by molar-refractivity contribution is 5.95. The number of carbonyl (C=O) groups is 2. The summed E-state index contributed by atoms with van der Waals surface area (Å²) in [5.41, 5.74) is -0.547. The van der Waals surface area contributed by atoms with E-state index in [9.17, 15) is 18.4 Å². The molecule has 6 heteroatoms. The molecule has 2 atom stereocenters. The molecule has 0 radical (unpaired) electrons. The van der Waals surface area contributed by atoms with Gasteiger partial charge >= 0.3 is 5.97 Å². The van der Waals surface area contributed by atoms with E-state index in [2.05, 4.69) is 5.32 Å². The Kier molecular flexibility index (Phi) is 5.25. The predicted octanol–water partition coefficient (Wildman–Crippen LogP) is 3.19. The molecule has 0 heterocycles. The van der Waals surface area contributed by atoms with Crippen molar-refractivity contribution in [2.24, 2.45) is 5.92 Å². The molecule has 1 aliphatic rings. The number of allylic oxidation sites excluding steroid dienone is 2. The van der Waals surface area contributed by atoms with E-state index >= 15 is 0 Å². The number of rotatable bonds is 5. The number of ether oxygens (including phenoxy) is 1. The second kappa shape index (κ2) is 7.15. The lowest BCUT2D eigenvalue weighted by Crippen LogP contribution is -2.31. The first-order chi connectivity index (χ1) is 10.5. The number of para-hydroxylation sites is 1. The van der Waals surface area contributed by atoms with Crippen LogP contribution in [0, 0.1) is 17.6 Å². The molecule has 0 aliphatic heterocycles. The average molecular weight is 309 g/mol. The van der Waals surface area contributed by atoms with Crippen molar-refractivity contribution in [2.75, 3.05) is 5.32 Å². The highest BCUT2D eigenvalue weighted by atomic mass is 19.1. The van der Waals surface area contributed by atoms with Gasteiger partial charge in [-0.2, -0.15) is 0 Å². The number of amides is 1. The van der Waals surface area contributed by atoms with Gasteiger partial charge in [-0.3, -0.25) is 9.59 Å². The molecule has 22 heavy (non-hydrogen) atoms. The molecule has 1 aromatic carbocycles. The largest absolute Gasteiger partial charge is 0.453 e. The zero-order chi connectivity index (χ0) is 16.1. The van der Waals surface area contributed by atoms with Crippen molar-refractivity contribution >= 4 is 17.6 Å². The molecule has 0 saturated carbocycles. The summed E-state index contributed by atoms with van der Waals surface area (Å²) in [4.78, 5) is 23.6.